The number of hydrogen-bond acceptors (Lipinski definition) is 6. The van der Waals surface area contributed by atoms with E-state index in [4.69, 9.17) is 9.05 Å². The fourth-order valence-electron chi connectivity index (χ4n) is 8.18. The quantitative estimate of drug-likeness (QED) is 0.0272. The summed E-state index contributed by atoms with van der Waals surface area (Å²) in [7, 11) is 1.27. The van der Waals surface area contributed by atoms with E-state index < -0.39 is 20.0 Å². The van der Waals surface area contributed by atoms with Crippen molar-refractivity contribution < 1.29 is 32.9 Å². The number of phosphoric acid groups is 1. The number of allylic oxidation sites excluding steroid dienone is 5. The molecule has 384 valence electrons. The van der Waals surface area contributed by atoms with Crippen molar-refractivity contribution in [1.29, 1.82) is 0 Å². The Kier molecular flexibility index (Phi) is 46.8. The van der Waals surface area contributed by atoms with Gasteiger partial charge >= 0.3 is 0 Å². The normalized spacial score (nSPS) is 14.3. The van der Waals surface area contributed by atoms with Crippen molar-refractivity contribution in [2.45, 2.75) is 276 Å². The maximum absolute atomic E-state index is 12.9. The molecule has 0 aromatic heterocycles. The largest absolute Gasteiger partial charge is 0.756 e. The summed E-state index contributed by atoms with van der Waals surface area (Å²) >= 11 is 0. The zero-order valence-corrected chi connectivity index (χ0v) is 44.6. The molecule has 3 atom stereocenters. The van der Waals surface area contributed by atoms with Gasteiger partial charge in [-0.05, 0) is 51.4 Å². The molecule has 0 aromatic carbocycles. The van der Waals surface area contributed by atoms with Crippen molar-refractivity contribution in [3.8, 4) is 0 Å². The topological polar surface area (TPSA) is 108 Å². The van der Waals surface area contributed by atoms with Crippen LogP contribution in [0.2, 0.25) is 0 Å². The highest BCUT2D eigenvalue weighted by molar-refractivity contribution is 7.45. The molecule has 8 nitrogen and oxygen atoms in total. The molecule has 0 heterocycles. The molecule has 0 saturated carbocycles. The maximum Gasteiger partial charge on any atom is 0.268 e. The zero-order valence-electron chi connectivity index (χ0n) is 43.7. The molecule has 0 aliphatic carbocycles. The summed E-state index contributed by atoms with van der Waals surface area (Å²) in [6, 6.07) is -0.884. The number of rotatable bonds is 51. The number of nitrogens with zero attached hydrogens (tertiary/aromatic N) is 1. The van der Waals surface area contributed by atoms with Crippen LogP contribution in [-0.2, 0) is 18.4 Å². The minimum atomic E-state index is -4.59. The second-order valence-electron chi connectivity index (χ2n) is 20.3. The van der Waals surface area contributed by atoms with Crippen molar-refractivity contribution in [3.63, 3.8) is 0 Å². The fourth-order valence-corrected chi connectivity index (χ4v) is 8.91. The van der Waals surface area contributed by atoms with Gasteiger partial charge in [0, 0.05) is 6.42 Å². The van der Waals surface area contributed by atoms with E-state index in [0.29, 0.717) is 17.4 Å². The number of aliphatic hydroxyl groups excluding tert-OH is 1. The van der Waals surface area contributed by atoms with Crippen molar-refractivity contribution in [2.24, 2.45) is 0 Å². The van der Waals surface area contributed by atoms with Gasteiger partial charge in [-0.1, -0.05) is 243 Å². The Bertz CT molecular complexity index is 1150. The molecule has 0 fully saturated rings. The van der Waals surface area contributed by atoms with Crippen LogP contribution in [0.25, 0.3) is 0 Å². The third-order valence-electron chi connectivity index (χ3n) is 12.6. The number of likely N-dealkylation sites (N-methyl/N-ethyl adjacent to an activating group) is 1. The molecular weight excluding hydrogens is 828 g/mol. The second-order valence-corrected chi connectivity index (χ2v) is 21.7. The summed E-state index contributed by atoms with van der Waals surface area (Å²) in [4.78, 5) is 25.4. The third-order valence-corrected chi connectivity index (χ3v) is 13.6. The molecule has 0 aliphatic heterocycles. The highest BCUT2D eigenvalue weighted by Crippen LogP contribution is 2.38. The number of carbonyl (C=O) groups is 1. The van der Waals surface area contributed by atoms with Crippen LogP contribution in [0, 0.1) is 0 Å². The molecule has 0 aliphatic rings. The summed E-state index contributed by atoms with van der Waals surface area (Å²) < 4.78 is 23.3. The lowest BCUT2D eigenvalue weighted by Gasteiger charge is -2.29. The van der Waals surface area contributed by atoms with E-state index in [-0.39, 0.29) is 19.1 Å². The van der Waals surface area contributed by atoms with E-state index in [9.17, 15) is 19.4 Å². The molecule has 0 rings (SSSR count). The molecule has 1 amide bonds. The lowest BCUT2D eigenvalue weighted by atomic mass is 10.0. The first kappa shape index (κ1) is 63.7. The number of unbranched alkanes of at least 4 members (excludes halogenated alkanes) is 34. The predicted octanol–water partition coefficient (Wildman–Crippen LogP) is 16.0. The van der Waals surface area contributed by atoms with Crippen molar-refractivity contribution >= 4 is 13.7 Å². The van der Waals surface area contributed by atoms with Crippen LogP contribution in [-0.4, -0.2) is 68.5 Å². The van der Waals surface area contributed by atoms with Crippen molar-refractivity contribution in [1.82, 2.24) is 5.32 Å². The van der Waals surface area contributed by atoms with Crippen LogP contribution < -0.4 is 10.2 Å². The molecule has 0 aromatic rings. The number of hydrogen-bond donors (Lipinski definition) is 2. The van der Waals surface area contributed by atoms with Crippen molar-refractivity contribution in [3.05, 3.63) is 36.5 Å². The monoisotopic (exact) mass is 937 g/mol. The van der Waals surface area contributed by atoms with Gasteiger partial charge in [0.1, 0.15) is 13.2 Å². The highest BCUT2D eigenvalue weighted by atomic mass is 31.2. The van der Waals surface area contributed by atoms with E-state index in [1.807, 2.05) is 27.2 Å². The van der Waals surface area contributed by atoms with Gasteiger partial charge in [-0.2, -0.15) is 0 Å². The highest BCUT2D eigenvalue weighted by Gasteiger charge is 2.23. The first-order chi connectivity index (χ1) is 31.5. The smallest absolute Gasteiger partial charge is 0.268 e. The van der Waals surface area contributed by atoms with Crippen LogP contribution in [0.4, 0.5) is 0 Å². The summed E-state index contributed by atoms with van der Waals surface area (Å²) in [5, 5.41) is 13.8. The summed E-state index contributed by atoms with van der Waals surface area (Å²) in [6.07, 6.45) is 60.7. The molecule has 65 heavy (non-hydrogen) atoms. The SMILES string of the molecule is CCCCCCC/C=C\C/C=C\CCCCCCCCCCCCCCCCCCCC(=O)NC(COP(=O)([O-])OCC[N+](C)(C)C)C(O)/C=C/CCCCCCCCCCCCCC. The Morgan fingerprint density at radius 3 is 1.28 bits per heavy atom. The number of carbonyl (C=O) groups excluding carboxylic acids is 1. The lowest BCUT2D eigenvalue weighted by Crippen LogP contribution is -2.45. The molecule has 0 bridgehead atoms. The molecule has 0 saturated heterocycles. The van der Waals surface area contributed by atoms with Crippen LogP contribution in [0.3, 0.4) is 0 Å². The van der Waals surface area contributed by atoms with Gasteiger partial charge in [-0.25, -0.2) is 0 Å². The average Bonchev–Trinajstić information content (AvgIpc) is 3.26. The van der Waals surface area contributed by atoms with E-state index in [1.54, 1.807) is 6.08 Å². The molecule has 0 radical (unpaired) electrons. The van der Waals surface area contributed by atoms with E-state index in [1.165, 1.54) is 199 Å². The van der Waals surface area contributed by atoms with Crippen molar-refractivity contribution in [2.75, 3.05) is 40.9 Å². The number of nitrogens with one attached hydrogen (secondary N) is 1. The Balaban J connectivity index is 4.10. The maximum atomic E-state index is 12.9. The van der Waals surface area contributed by atoms with Gasteiger partial charge in [0.25, 0.3) is 7.82 Å². The number of quaternary nitrogens is 1. The van der Waals surface area contributed by atoms with Gasteiger partial charge in [-0.3, -0.25) is 9.36 Å². The van der Waals surface area contributed by atoms with E-state index in [0.717, 1.165) is 44.9 Å². The third kappa shape index (κ3) is 50.4. The van der Waals surface area contributed by atoms with E-state index >= 15 is 0 Å². The zero-order chi connectivity index (χ0) is 47.8. The summed E-state index contributed by atoms with van der Waals surface area (Å²) in [6.45, 7) is 4.66. The van der Waals surface area contributed by atoms with Crippen LogP contribution in [0.5, 0.6) is 0 Å². The predicted molar refractivity (Wildman–Crippen MR) is 279 cm³/mol. The Labute approximate surface area is 404 Å². The van der Waals surface area contributed by atoms with Gasteiger partial charge in [0.05, 0.1) is 39.9 Å². The number of phosphoric ester groups is 1. The van der Waals surface area contributed by atoms with Crippen LogP contribution in [0.15, 0.2) is 36.5 Å². The van der Waals surface area contributed by atoms with Gasteiger partial charge in [0.15, 0.2) is 0 Å². The Hall–Kier alpha value is -1.28. The molecule has 9 heteroatoms. The summed E-state index contributed by atoms with van der Waals surface area (Å²) in [5.74, 6) is -0.195. The molecule has 2 N–H and O–H groups in total. The molecular formula is C56H109N2O6P. The van der Waals surface area contributed by atoms with E-state index in [2.05, 4.69) is 43.5 Å². The standard InChI is InChI=1S/C56H109N2O6P/c1-6-8-10-12-14-16-18-20-22-23-24-25-26-27-28-29-30-31-32-33-34-35-36-38-40-42-44-46-48-50-56(60)57-54(53-64-65(61,62)63-52-51-58(3,4)5)55(59)49-47-45-43-41-39-37-21-19-17-15-13-11-9-7-2/h18,20,23-24,47,49,54-55,59H,6-17,19,21-22,25-46,48,50-53H2,1-5H3,(H-,57,60,61,62)/b20-18-,24-23-,49-47+. The lowest BCUT2D eigenvalue weighted by molar-refractivity contribution is -0.870. The number of amides is 1. The van der Waals surface area contributed by atoms with Gasteiger partial charge in [-0.15, -0.1) is 0 Å². The first-order valence-corrected chi connectivity index (χ1v) is 29.3. The Morgan fingerprint density at radius 2 is 0.892 bits per heavy atom. The average molecular weight is 937 g/mol. The molecule has 3 unspecified atom stereocenters. The van der Waals surface area contributed by atoms with Gasteiger partial charge in [0.2, 0.25) is 5.91 Å². The molecule has 0 spiro atoms. The minimum Gasteiger partial charge on any atom is -0.756 e. The second kappa shape index (κ2) is 47.8. The minimum absolute atomic E-state index is 0.000215. The van der Waals surface area contributed by atoms with Crippen LogP contribution in [0.1, 0.15) is 264 Å². The fraction of sp³-hybridized carbons (Fsp3) is 0.875. The number of aliphatic hydroxyl groups is 1. The Morgan fingerprint density at radius 1 is 0.538 bits per heavy atom. The van der Waals surface area contributed by atoms with Gasteiger partial charge < -0.3 is 28.8 Å². The first-order valence-electron chi connectivity index (χ1n) is 27.9. The van der Waals surface area contributed by atoms with Crippen LogP contribution >= 0.6 is 7.82 Å². The summed E-state index contributed by atoms with van der Waals surface area (Å²) in [5.41, 5.74) is 0.